The second-order valence-electron chi connectivity index (χ2n) is 5.00. The van der Waals surface area contributed by atoms with E-state index in [9.17, 15) is 0 Å². The molecule has 0 radical (unpaired) electrons. The maximum atomic E-state index is 8.92. The van der Waals surface area contributed by atoms with Crippen LogP contribution in [0.25, 0.3) is 0 Å². The second kappa shape index (κ2) is 7.25. The highest BCUT2D eigenvalue weighted by Gasteiger charge is 2.16. The number of rotatable bonds is 5. The van der Waals surface area contributed by atoms with Crippen LogP contribution in [-0.4, -0.2) is 54.2 Å². The monoisotopic (exact) mass is 259 g/mol. The molecule has 0 aromatic heterocycles. The van der Waals surface area contributed by atoms with Crippen molar-refractivity contribution in [3.63, 3.8) is 0 Å². The molecule has 1 saturated heterocycles. The lowest BCUT2D eigenvalue weighted by Crippen LogP contribution is -2.46. The van der Waals surface area contributed by atoms with Crippen molar-refractivity contribution in [3.05, 3.63) is 35.4 Å². The molecule has 102 valence electrons. The number of nitriles is 1. The molecular weight excluding hydrogens is 238 g/mol. The van der Waals surface area contributed by atoms with Gasteiger partial charge >= 0.3 is 0 Å². The van der Waals surface area contributed by atoms with E-state index in [1.54, 1.807) is 0 Å². The maximum Gasteiger partial charge on any atom is 0.0669 e. The van der Waals surface area contributed by atoms with Gasteiger partial charge in [-0.2, -0.15) is 5.26 Å². The van der Waals surface area contributed by atoms with Crippen LogP contribution in [-0.2, 0) is 13.0 Å². The molecule has 4 nitrogen and oxygen atoms in total. The predicted octanol–water partition coefficient (Wildman–Crippen LogP) is 0.863. The average Bonchev–Trinajstić information content (AvgIpc) is 2.42. The Balaban J connectivity index is 1.85. The second-order valence-corrected chi connectivity index (χ2v) is 5.00. The fraction of sp³-hybridized carbons (Fsp3) is 0.533. The molecule has 1 heterocycles. The lowest BCUT2D eigenvalue weighted by atomic mass is 10.1. The normalized spacial score (nSPS) is 17.3. The number of hydrogen-bond acceptors (Lipinski definition) is 4. The number of nitrogens with zero attached hydrogens (tertiary/aromatic N) is 3. The van der Waals surface area contributed by atoms with E-state index >= 15 is 0 Å². The quantitative estimate of drug-likeness (QED) is 0.852. The minimum absolute atomic E-state index is 0.246. The molecular formula is C15H21N3O. The largest absolute Gasteiger partial charge is 0.395 e. The van der Waals surface area contributed by atoms with Crippen molar-refractivity contribution in [2.75, 3.05) is 39.3 Å². The third-order valence-electron chi connectivity index (χ3n) is 3.56. The maximum absolute atomic E-state index is 8.92. The summed E-state index contributed by atoms with van der Waals surface area (Å²) in [6, 6.07) is 10.5. The van der Waals surface area contributed by atoms with Crippen molar-refractivity contribution in [3.8, 4) is 6.07 Å². The standard InChI is InChI=1S/C15H21N3O/c16-5-4-14-2-1-3-15(12-14)13-18-8-6-17(7-9-18)10-11-19/h1-3,12,19H,4,6-11,13H2. The summed E-state index contributed by atoms with van der Waals surface area (Å²) in [4.78, 5) is 4.72. The van der Waals surface area contributed by atoms with Gasteiger partial charge < -0.3 is 5.11 Å². The van der Waals surface area contributed by atoms with E-state index in [4.69, 9.17) is 10.4 Å². The van der Waals surface area contributed by atoms with E-state index in [-0.39, 0.29) is 6.61 Å². The van der Waals surface area contributed by atoms with Crippen molar-refractivity contribution in [1.29, 1.82) is 5.26 Å². The number of hydrogen-bond donors (Lipinski definition) is 1. The molecule has 0 amide bonds. The topological polar surface area (TPSA) is 50.5 Å². The predicted molar refractivity (Wildman–Crippen MR) is 74.6 cm³/mol. The van der Waals surface area contributed by atoms with E-state index in [1.807, 2.05) is 12.1 Å². The number of aliphatic hydroxyl groups is 1. The number of β-amino-alcohol motifs (C(OH)–C–C–N with tert-alkyl or cyclic N) is 1. The van der Waals surface area contributed by atoms with E-state index < -0.39 is 0 Å². The van der Waals surface area contributed by atoms with Crippen LogP contribution in [0.2, 0.25) is 0 Å². The fourth-order valence-electron chi connectivity index (χ4n) is 2.50. The molecule has 4 heteroatoms. The van der Waals surface area contributed by atoms with Crippen LogP contribution in [0, 0.1) is 11.3 Å². The van der Waals surface area contributed by atoms with Crippen LogP contribution in [0.5, 0.6) is 0 Å². The van der Waals surface area contributed by atoms with E-state index in [0.29, 0.717) is 6.42 Å². The van der Waals surface area contributed by atoms with Gasteiger partial charge in [-0.05, 0) is 11.1 Å². The molecule has 0 unspecified atom stereocenters. The first-order valence-electron chi connectivity index (χ1n) is 6.82. The molecule has 0 saturated carbocycles. The summed E-state index contributed by atoms with van der Waals surface area (Å²) in [6.45, 7) is 6.12. The highest BCUT2D eigenvalue weighted by molar-refractivity contribution is 5.25. The van der Waals surface area contributed by atoms with Gasteiger partial charge in [0.2, 0.25) is 0 Å². The zero-order valence-corrected chi connectivity index (χ0v) is 11.3. The Hall–Kier alpha value is -1.41. The summed E-state index contributed by atoms with van der Waals surface area (Å²) >= 11 is 0. The van der Waals surface area contributed by atoms with Crippen LogP contribution in [0.4, 0.5) is 0 Å². The summed E-state index contributed by atoms with van der Waals surface area (Å²) < 4.78 is 0. The summed E-state index contributed by atoms with van der Waals surface area (Å²) in [5, 5.41) is 17.6. The lowest BCUT2D eigenvalue weighted by Gasteiger charge is -2.34. The van der Waals surface area contributed by atoms with E-state index in [0.717, 1.165) is 44.8 Å². The van der Waals surface area contributed by atoms with Gasteiger partial charge in [-0.25, -0.2) is 0 Å². The van der Waals surface area contributed by atoms with Crippen molar-refractivity contribution in [1.82, 2.24) is 9.80 Å². The SMILES string of the molecule is N#CCc1cccc(CN2CCN(CCO)CC2)c1. The van der Waals surface area contributed by atoms with Crippen molar-refractivity contribution >= 4 is 0 Å². The third-order valence-corrected chi connectivity index (χ3v) is 3.56. The Kier molecular flexibility index (Phi) is 5.34. The first-order chi connectivity index (χ1) is 9.31. The number of aliphatic hydroxyl groups excluding tert-OH is 1. The fourth-order valence-corrected chi connectivity index (χ4v) is 2.50. The van der Waals surface area contributed by atoms with Gasteiger partial charge in [0.15, 0.2) is 0 Å². The minimum Gasteiger partial charge on any atom is -0.395 e. The molecule has 1 aliphatic heterocycles. The Bertz CT molecular complexity index is 433. The molecule has 19 heavy (non-hydrogen) atoms. The molecule has 0 spiro atoms. The Morgan fingerprint density at radius 3 is 2.47 bits per heavy atom. The van der Waals surface area contributed by atoms with E-state index in [2.05, 4.69) is 28.0 Å². The molecule has 0 bridgehead atoms. The molecule has 0 atom stereocenters. The molecule has 1 N–H and O–H groups in total. The summed E-state index contributed by atoms with van der Waals surface area (Å²) in [5.41, 5.74) is 2.38. The van der Waals surface area contributed by atoms with Gasteiger partial charge in [0, 0.05) is 39.3 Å². The summed E-state index contributed by atoms with van der Waals surface area (Å²) in [5.74, 6) is 0. The molecule has 1 fully saturated rings. The van der Waals surface area contributed by atoms with Gasteiger partial charge in [-0.1, -0.05) is 24.3 Å². The molecule has 2 rings (SSSR count). The smallest absolute Gasteiger partial charge is 0.0669 e. The average molecular weight is 259 g/mol. The van der Waals surface area contributed by atoms with Crippen LogP contribution in [0.15, 0.2) is 24.3 Å². The van der Waals surface area contributed by atoms with Gasteiger partial charge in [-0.15, -0.1) is 0 Å². The lowest BCUT2D eigenvalue weighted by molar-refractivity contribution is 0.108. The zero-order chi connectivity index (χ0) is 13.5. The molecule has 1 aliphatic rings. The number of piperazine rings is 1. The van der Waals surface area contributed by atoms with Crippen LogP contribution < -0.4 is 0 Å². The van der Waals surface area contributed by atoms with Crippen molar-refractivity contribution in [2.45, 2.75) is 13.0 Å². The third kappa shape index (κ3) is 4.32. The van der Waals surface area contributed by atoms with Crippen molar-refractivity contribution < 1.29 is 5.11 Å². The molecule has 1 aromatic rings. The Morgan fingerprint density at radius 1 is 1.11 bits per heavy atom. The number of benzene rings is 1. The van der Waals surface area contributed by atoms with Gasteiger partial charge in [-0.3, -0.25) is 9.80 Å². The highest BCUT2D eigenvalue weighted by Crippen LogP contribution is 2.11. The van der Waals surface area contributed by atoms with Crippen LogP contribution in [0.3, 0.4) is 0 Å². The first kappa shape index (κ1) is 14.0. The Morgan fingerprint density at radius 2 is 1.79 bits per heavy atom. The zero-order valence-electron chi connectivity index (χ0n) is 11.3. The Labute approximate surface area is 114 Å². The summed E-state index contributed by atoms with van der Waals surface area (Å²) in [7, 11) is 0. The molecule has 0 aliphatic carbocycles. The van der Waals surface area contributed by atoms with Crippen LogP contribution in [0.1, 0.15) is 11.1 Å². The molecule has 1 aromatic carbocycles. The van der Waals surface area contributed by atoms with Crippen molar-refractivity contribution in [2.24, 2.45) is 0 Å². The van der Waals surface area contributed by atoms with Gasteiger partial charge in [0.1, 0.15) is 0 Å². The first-order valence-corrected chi connectivity index (χ1v) is 6.82. The van der Waals surface area contributed by atoms with Gasteiger partial charge in [0.25, 0.3) is 0 Å². The van der Waals surface area contributed by atoms with Crippen LogP contribution >= 0.6 is 0 Å². The minimum atomic E-state index is 0.246. The van der Waals surface area contributed by atoms with E-state index in [1.165, 1.54) is 5.56 Å². The summed E-state index contributed by atoms with van der Waals surface area (Å²) in [6.07, 6.45) is 0.484. The van der Waals surface area contributed by atoms with Gasteiger partial charge in [0.05, 0.1) is 19.1 Å². The highest BCUT2D eigenvalue weighted by atomic mass is 16.3.